The first kappa shape index (κ1) is 41.0. The van der Waals surface area contributed by atoms with Gasteiger partial charge in [-0.05, 0) is 45.4 Å². The monoisotopic (exact) mass is 726 g/mol. The smallest absolute Gasteiger partial charge is 0.336 e. The molecule has 1 aliphatic rings. The summed E-state index contributed by atoms with van der Waals surface area (Å²) in [4.78, 5) is 36.9. The summed E-state index contributed by atoms with van der Waals surface area (Å²) in [5.41, 5.74) is -1.38. The number of β-amino-alcohol motifs (C(OH)–C–C–N with tert-alkyl or cyclic N) is 1. The van der Waals surface area contributed by atoms with E-state index in [0.29, 0.717) is 11.5 Å². The van der Waals surface area contributed by atoms with Crippen LogP contribution in [0.1, 0.15) is 39.2 Å². The zero-order valence-corrected chi connectivity index (χ0v) is 29.7. The number of aliphatic hydroxyl groups excluding tert-OH is 1. The number of non-ortho nitro benzene ring substituents is 1. The number of hydrogen-bond acceptors (Lipinski definition) is 12. The molecule has 2 unspecified atom stereocenters. The van der Waals surface area contributed by atoms with E-state index in [9.17, 15) is 38.3 Å². The van der Waals surface area contributed by atoms with Crippen LogP contribution in [0.5, 0.6) is 11.5 Å². The first-order valence-electron chi connectivity index (χ1n) is 15.0. The number of hydrogen-bond donors (Lipinski definition) is 4. The largest absolute Gasteiger partial charge is 0.493 e. The molecule has 15 nitrogen and oxygen atoms in total. The third-order valence-corrected chi connectivity index (χ3v) is 8.67. The van der Waals surface area contributed by atoms with E-state index < -0.39 is 51.0 Å². The van der Waals surface area contributed by atoms with Crippen LogP contribution in [-0.4, -0.2) is 97.7 Å². The number of nitro groups is 1. The highest BCUT2D eigenvalue weighted by atomic mass is 35.5. The van der Waals surface area contributed by atoms with Crippen LogP contribution in [0.25, 0.3) is 0 Å². The van der Waals surface area contributed by atoms with E-state index in [1.54, 1.807) is 45.0 Å². The van der Waals surface area contributed by atoms with Gasteiger partial charge in [0.15, 0.2) is 11.5 Å². The molecule has 3 rings (SSSR count). The van der Waals surface area contributed by atoms with Crippen molar-refractivity contribution in [2.24, 2.45) is 0 Å². The van der Waals surface area contributed by atoms with Gasteiger partial charge in [-0.2, -0.15) is 4.31 Å². The van der Waals surface area contributed by atoms with E-state index in [-0.39, 0.29) is 72.5 Å². The van der Waals surface area contributed by atoms with Crippen LogP contribution < -0.4 is 20.1 Å². The van der Waals surface area contributed by atoms with Crippen molar-refractivity contribution in [3.63, 3.8) is 0 Å². The van der Waals surface area contributed by atoms with Crippen LogP contribution in [0.4, 0.5) is 5.69 Å². The number of para-hydroxylation sites is 2. The number of nitrogens with zero attached hydrogens (tertiary/aromatic N) is 2. The summed E-state index contributed by atoms with van der Waals surface area (Å²) in [6.07, 6.45) is 0.0208. The number of carboxylic acid groups (broad SMARTS) is 1. The van der Waals surface area contributed by atoms with Crippen LogP contribution in [-0.2, 0) is 24.3 Å². The van der Waals surface area contributed by atoms with Crippen molar-refractivity contribution >= 4 is 40.1 Å². The fraction of sp³-hybridized carbons (Fsp3) is 0.438. The molecule has 1 aliphatic heterocycles. The predicted octanol–water partition coefficient (Wildman–Crippen LogP) is 2.96. The van der Waals surface area contributed by atoms with Crippen molar-refractivity contribution in [3.05, 3.63) is 86.7 Å². The average molecular weight is 727 g/mol. The third-order valence-electron chi connectivity index (χ3n) is 7.48. The minimum absolute atomic E-state index is 0. The van der Waals surface area contributed by atoms with Gasteiger partial charge in [0.2, 0.25) is 10.0 Å². The van der Waals surface area contributed by atoms with E-state index in [1.807, 2.05) is 0 Å². The quantitative estimate of drug-likeness (QED) is 0.105. The van der Waals surface area contributed by atoms with Crippen LogP contribution in [0.15, 0.2) is 71.1 Å². The Kier molecular flexibility index (Phi) is 14.6. The molecule has 0 amide bonds. The molecule has 270 valence electrons. The van der Waals surface area contributed by atoms with Crippen LogP contribution in [0.2, 0.25) is 0 Å². The first-order valence-corrected chi connectivity index (χ1v) is 16.8. The number of methoxy groups -OCH3 is 1. The Hall–Kier alpha value is -4.22. The SMILES string of the molecule is CCOC(=O)C1=C(CN(CC(C)(C)NCC(O)COc2ccccc2OC)S(C)(=O)=O)NC(C)=C(C(=O)O)C1c1cccc([N+](=O)[O-])c1.Cl. The minimum atomic E-state index is -3.95. The van der Waals surface area contributed by atoms with Crippen molar-refractivity contribution in [2.45, 2.75) is 45.3 Å². The number of ether oxygens (including phenoxy) is 3. The number of nitro benzene ring substituents is 1. The summed E-state index contributed by atoms with van der Waals surface area (Å²) in [6.45, 7) is 5.84. The number of carbonyl (C=O) groups is 2. The molecule has 17 heteroatoms. The molecule has 0 saturated carbocycles. The van der Waals surface area contributed by atoms with Crippen molar-refractivity contribution in [2.75, 3.05) is 46.2 Å². The van der Waals surface area contributed by atoms with E-state index in [2.05, 4.69) is 10.6 Å². The minimum Gasteiger partial charge on any atom is -0.493 e. The Morgan fingerprint density at radius 1 is 1.14 bits per heavy atom. The standard InChI is InChI=1S/C32H42N4O11S.ClH/c1-7-46-31(40)29-24(34-20(2)27(30(38)39)28(29)21-11-10-12-22(15-21)36(41)42)17-35(48(6,43)44)19-32(3,4)33-16-23(37)18-47-26-14-9-8-13-25(26)45-5;/h8-15,23,28,33-34,37H,7,16-19H2,1-6H3,(H,38,39);1H. The van der Waals surface area contributed by atoms with Gasteiger partial charge in [0.05, 0.1) is 48.5 Å². The van der Waals surface area contributed by atoms with Crippen molar-refractivity contribution < 1.29 is 47.4 Å². The molecule has 1 heterocycles. The molecule has 49 heavy (non-hydrogen) atoms. The number of esters is 1. The number of benzene rings is 2. The maximum absolute atomic E-state index is 13.5. The molecule has 0 saturated heterocycles. The summed E-state index contributed by atoms with van der Waals surface area (Å²) in [5, 5.41) is 38.4. The Bertz CT molecular complexity index is 1700. The van der Waals surface area contributed by atoms with Crippen molar-refractivity contribution in [1.82, 2.24) is 14.9 Å². The van der Waals surface area contributed by atoms with Crippen LogP contribution in [0.3, 0.4) is 0 Å². The fourth-order valence-corrected chi connectivity index (χ4v) is 6.17. The molecule has 0 fully saturated rings. The highest BCUT2D eigenvalue weighted by Crippen LogP contribution is 2.40. The average Bonchev–Trinajstić information content (AvgIpc) is 3.01. The number of carbonyl (C=O) groups excluding carboxylic acids is 1. The maximum Gasteiger partial charge on any atom is 0.336 e. The molecule has 2 atom stereocenters. The van der Waals surface area contributed by atoms with Crippen molar-refractivity contribution in [1.29, 1.82) is 0 Å². The number of aliphatic hydroxyl groups is 1. The lowest BCUT2D eigenvalue weighted by molar-refractivity contribution is -0.384. The summed E-state index contributed by atoms with van der Waals surface area (Å²) >= 11 is 0. The summed E-state index contributed by atoms with van der Waals surface area (Å²) in [5.74, 6) is -2.65. The van der Waals surface area contributed by atoms with Gasteiger partial charge in [-0.1, -0.05) is 24.3 Å². The topological polar surface area (TPSA) is 207 Å². The zero-order valence-electron chi connectivity index (χ0n) is 28.1. The van der Waals surface area contributed by atoms with Gasteiger partial charge in [0.25, 0.3) is 5.69 Å². The zero-order chi connectivity index (χ0) is 35.8. The summed E-state index contributed by atoms with van der Waals surface area (Å²) < 4.78 is 43.6. The van der Waals surface area contributed by atoms with E-state index in [4.69, 9.17) is 14.2 Å². The van der Waals surface area contributed by atoms with Gasteiger partial charge in [0, 0.05) is 42.2 Å². The van der Waals surface area contributed by atoms with E-state index in [0.717, 1.165) is 10.6 Å². The first-order chi connectivity index (χ1) is 22.5. The lowest BCUT2D eigenvalue weighted by atomic mass is 9.80. The highest BCUT2D eigenvalue weighted by Gasteiger charge is 2.40. The molecule has 2 aromatic carbocycles. The number of aliphatic carboxylic acids is 1. The molecule has 0 spiro atoms. The molecule has 2 aromatic rings. The molecular formula is C32H43ClN4O11S. The fourth-order valence-electron chi connectivity index (χ4n) is 5.25. The molecular weight excluding hydrogens is 684 g/mol. The number of dihydropyridines is 1. The third kappa shape index (κ3) is 10.9. The van der Waals surface area contributed by atoms with Gasteiger partial charge in [0.1, 0.15) is 12.7 Å². The van der Waals surface area contributed by atoms with Gasteiger partial charge >= 0.3 is 11.9 Å². The number of allylic oxidation sites excluding steroid dienone is 1. The number of rotatable bonds is 17. The van der Waals surface area contributed by atoms with E-state index in [1.165, 1.54) is 38.3 Å². The maximum atomic E-state index is 13.5. The molecule has 0 aromatic heterocycles. The highest BCUT2D eigenvalue weighted by molar-refractivity contribution is 7.88. The Morgan fingerprint density at radius 3 is 2.37 bits per heavy atom. The Morgan fingerprint density at radius 2 is 1.80 bits per heavy atom. The molecule has 4 N–H and O–H groups in total. The lowest BCUT2D eigenvalue weighted by Gasteiger charge is -2.36. The summed E-state index contributed by atoms with van der Waals surface area (Å²) in [6, 6.07) is 12.2. The van der Waals surface area contributed by atoms with Crippen LogP contribution >= 0.6 is 12.4 Å². The van der Waals surface area contributed by atoms with Gasteiger partial charge < -0.3 is 35.1 Å². The second-order valence-corrected chi connectivity index (χ2v) is 13.8. The van der Waals surface area contributed by atoms with Crippen molar-refractivity contribution in [3.8, 4) is 11.5 Å². The number of nitrogens with one attached hydrogen (secondary N) is 2. The second-order valence-electron chi connectivity index (χ2n) is 11.8. The predicted molar refractivity (Wildman–Crippen MR) is 183 cm³/mol. The van der Waals surface area contributed by atoms with Gasteiger partial charge in [-0.3, -0.25) is 10.1 Å². The number of halogens is 1. The van der Waals surface area contributed by atoms with Gasteiger partial charge in [-0.25, -0.2) is 18.0 Å². The number of sulfonamides is 1. The second kappa shape index (κ2) is 17.4. The molecule has 0 aliphatic carbocycles. The van der Waals surface area contributed by atoms with Crippen LogP contribution in [0, 0.1) is 10.1 Å². The van der Waals surface area contributed by atoms with Gasteiger partial charge in [-0.15, -0.1) is 12.4 Å². The van der Waals surface area contributed by atoms with E-state index >= 15 is 0 Å². The normalized spacial score (nSPS) is 15.6. The Labute approximate surface area is 291 Å². The molecule has 0 bridgehead atoms. The molecule has 0 radical (unpaired) electrons. The Balaban J connectivity index is 0.00000833. The lowest BCUT2D eigenvalue weighted by Crippen LogP contribution is -2.53. The summed E-state index contributed by atoms with van der Waals surface area (Å²) in [7, 11) is -2.45. The number of carboxylic acids is 1.